The Bertz CT molecular complexity index is 666. The first-order chi connectivity index (χ1) is 9.19. The van der Waals surface area contributed by atoms with Crippen LogP contribution in [-0.4, -0.2) is 5.78 Å². The maximum Gasteiger partial charge on any atom is 1.00 e. The Morgan fingerprint density at radius 2 is 1.45 bits per heavy atom. The normalized spacial score (nSPS) is 7.60. The maximum absolute atomic E-state index is 12.2. The molecule has 0 heterocycles. The first-order valence-electron chi connectivity index (χ1n) is 5.01. The summed E-state index contributed by atoms with van der Waals surface area (Å²) in [7, 11) is 0. The van der Waals surface area contributed by atoms with Gasteiger partial charge in [-0.1, -0.05) is 35.9 Å². The van der Waals surface area contributed by atoms with Gasteiger partial charge in [0.2, 0.25) is 0 Å². The molecule has 0 aliphatic carbocycles. The van der Waals surface area contributed by atoms with Gasteiger partial charge in [0.05, 0.1) is 5.78 Å². The average molecular weight is 268 g/mol. The van der Waals surface area contributed by atoms with E-state index >= 15 is 0 Å². The molecule has 0 aromatic heterocycles. The van der Waals surface area contributed by atoms with Crippen LogP contribution in [0.15, 0.2) is 41.5 Å². The number of nitriles is 4. The minimum absolute atomic E-state index is 0. The van der Waals surface area contributed by atoms with Gasteiger partial charge in [-0.15, -0.1) is 0 Å². The summed E-state index contributed by atoms with van der Waals surface area (Å²) in [5, 5.41) is 35.3. The van der Waals surface area contributed by atoms with E-state index in [9.17, 15) is 4.79 Å². The van der Waals surface area contributed by atoms with E-state index in [1.165, 1.54) is 36.4 Å². The Morgan fingerprint density at radius 3 is 1.85 bits per heavy atom. The van der Waals surface area contributed by atoms with Crippen molar-refractivity contribution in [3.05, 3.63) is 53.0 Å². The molecular weight excluding hydrogens is 263 g/mol. The second-order valence-corrected chi connectivity index (χ2v) is 3.27. The van der Waals surface area contributed by atoms with Crippen LogP contribution < -0.4 is 29.6 Å². The van der Waals surface area contributed by atoms with Crippen molar-refractivity contribution in [1.29, 1.82) is 21.0 Å². The van der Waals surface area contributed by atoms with Crippen LogP contribution in [0.3, 0.4) is 0 Å². The first-order valence-corrected chi connectivity index (χ1v) is 5.01. The number of rotatable bonds is 3. The molecule has 1 aromatic rings. The molecule has 0 aliphatic rings. The molecule has 0 bridgehead atoms. The summed E-state index contributed by atoms with van der Waals surface area (Å²) in [4.78, 5) is 12.2. The monoisotopic (exact) mass is 268 g/mol. The Labute approximate surface area is 138 Å². The van der Waals surface area contributed by atoms with Gasteiger partial charge in [-0.2, -0.15) is 0 Å². The third-order valence-corrected chi connectivity index (χ3v) is 2.21. The summed E-state index contributed by atoms with van der Waals surface area (Å²) in [5.41, 5.74) is -0.809. The smallest absolute Gasteiger partial charge is 0.365 e. The third kappa shape index (κ3) is 3.72. The second kappa shape index (κ2) is 8.54. The molecule has 0 saturated heterocycles. The molecule has 88 valence electrons. The number of carbonyl (C=O) groups is 1. The number of hydrogen-bond acceptors (Lipinski definition) is 5. The van der Waals surface area contributed by atoms with Gasteiger partial charge in [0.1, 0.15) is 0 Å². The van der Waals surface area contributed by atoms with Gasteiger partial charge in [0.15, 0.2) is 0 Å². The molecule has 0 fully saturated rings. The fourth-order valence-corrected chi connectivity index (χ4v) is 1.36. The number of carbonyl (C=O) groups excluding carboxylic acids is 1. The molecule has 0 amide bonds. The van der Waals surface area contributed by atoms with Gasteiger partial charge in [-0.3, -0.25) is 0 Å². The van der Waals surface area contributed by atoms with Crippen molar-refractivity contribution in [2.45, 2.75) is 0 Å². The van der Waals surface area contributed by atoms with Gasteiger partial charge < -0.3 is 4.79 Å². The van der Waals surface area contributed by atoms with Crippen LogP contribution in [0.2, 0.25) is 0 Å². The molecular formula is C14H5N4NaO. The Kier molecular flexibility index (Phi) is 7.46. The summed E-state index contributed by atoms with van der Waals surface area (Å²) in [5.74, 6) is -1.25. The van der Waals surface area contributed by atoms with E-state index in [1.807, 2.05) is 0 Å². The average Bonchev–Trinajstić information content (AvgIpc) is 2.48. The largest absolute Gasteiger partial charge is 1.00 e. The zero-order valence-electron chi connectivity index (χ0n) is 10.6. The van der Waals surface area contributed by atoms with Crippen LogP contribution in [-0.2, 0) is 0 Å². The topological polar surface area (TPSA) is 112 Å². The number of allylic oxidation sites excluding steroid dienone is 2. The fourth-order valence-electron chi connectivity index (χ4n) is 1.36. The minimum atomic E-state index is -0.697. The predicted molar refractivity (Wildman–Crippen MR) is 63.5 cm³/mol. The summed E-state index contributed by atoms with van der Waals surface area (Å²) in [6, 6.07) is 13.9. The van der Waals surface area contributed by atoms with Crippen LogP contribution in [0.5, 0.6) is 0 Å². The van der Waals surface area contributed by atoms with Crippen molar-refractivity contribution in [1.82, 2.24) is 0 Å². The molecule has 1 aromatic carbocycles. The minimum Gasteiger partial charge on any atom is -0.365 e. The van der Waals surface area contributed by atoms with E-state index in [2.05, 4.69) is 0 Å². The summed E-state index contributed by atoms with van der Waals surface area (Å²) in [6.45, 7) is 0. The van der Waals surface area contributed by atoms with Crippen molar-refractivity contribution in [3.8, 4) is 24.3 Å². The van der Waals surface area contributed by atoms with Crippen LogP contribution in [0.4, 0.5) is 0 Å². The molecule has 0 radical (unpaired) electrons. The van der Waals surface area contributed by atoms with Crippen LogP contribution in [0.1, 0.15) is 10.4 Å². The number of hydrogen-bond donors (Lipinski definition) is 0. The zero-order valence-corrected chi connectivity index (χ0v) is 12.6. The molecule has 6 heteroatoms. The standard InChI is InChI=1S/C14H5N4O.Na/c15-6-11(7-16)13(12(8-17)9-18)14(19)10-4-2-1-3-5-10;/h1-5H;/q-1;+1. The zero-order chi connectivity index (χ0) is 14.3. The summed E-state index contributed by atoms with van der Waals surface area (Å²) >= 11 is 0. The first kappa shape index (κ1) is 17.5. The van der Waals surface area contributed by atoms with Crippen molar-refractivity contribution in [2.24, 2.45) is 0 Å². The van der Waals surface area contributed by atoms with Crippen LogP contribution in [0, 0.1) is 51.2 Å². The Morgan fingerprint density at radius 1 is 0.950 bits per heavy atom. The summed E-state index contributed by atoms with van der Waals surface area (Å²) < 4.78 is 0. The van der Waals surface area contributed by atoms with Crippen LogP contribution in [0.25, 0.3) is 0 Å². The molecule has 0 atom stereocenters. The van der Waals surface area contributed by atoms with Crippen molar-refractivity contribution >= 4 is 5.78 Å². The van der Waals surface area contributed by atoms with E-state index < -0.39 is 22.8 Å². The summed E-state index contributed by atoms with van der Waals surface area (Å²) in [6.07, 6.45) is 0. The molecule has 0 unspecified atom stereocenters. The van der Waals surface area contributed by atoms with Crippen molar-refractivity contribution < 1.29 is 34.4 Å². The van der Waals surface area contributed by atoms with Crippen LogP contribution >= 0.6 is 0 Å². The molecule has 0 spiro atoms. The van der Waals surface area contributed by atoms with E-state index in [1.54, 1.807) is 18.2 Å². The van der Waals surface area contributed by atoms with E-state index in [0.29, 0.717) is 0 Å². The molecule has 5 nitrogen and oxygen atoms in total. The Balaban J connectivity index is 0.00000361. The van der Waals surface area contributed by atoms with Gasteiger partial charge in [0, 0.05) is 35.8 Å². The molecule has 1 rings (SSSR count). The predicted octanol–water partition coefficient (Wildman–Crippen LogP) is -1.16. The van der Waals surface area contributed by atoms with E-state index in [-0.39, 0.29) is 35.1 Å². The number of Topliss-reactive ketones (excluding diaryl/α,β-unsaturated/α-hetero) is 1. The molecule has 0 N–H and O–H groups in total. The van der Waals surface area contributed by atoms with Gasteiger partial charge in [0.25, 0.3) is 0 Å². The van der Waals surface area contributed by atoms with Gasteiger partial charge in [-0.25, -0.2) is 21.0 Å². The number of nitrogens with zero attached hydrogens (tertiary/aromatic N) is 4. The van der Waals surface area contributed by atoms with E-state index in [0.717, 1.165) is 0 Å². The van der Waals surface area contributed by atoms with Gasteiger partial charge >= 0.3 is 29.6 Å². The quantitative estimate of drug-likeness (QED) is 0.225. The van der Waals surface area contributed by atoms with Crippen molar-refractivity contribution in [3.63, 3.8) is 0 Å². The third-order valence-electron chi connectivity index (χ3n) is 2.21. The molecule has 0 saturated carbocycles. The fraction of sp³-hybridized carbons (Fsp3) is 0. The molecule has 20 heavy (non-hydrogen) atoms. The molecule has 0 aliphatic heterocycles. The number of ketones is 1. The second-order valence-electron chi connectivity index (χ2n) is 3.27. The van der Waals surface area contributed by atoms with Crippen molar-refractivity contribution in [2.75, 3.05) is 0 Å². The SMILES string of the molecule is N#CC(C#N)=C(C(=O)c1ccccc1)[C-](C#N)C#N.[Na+]. The number of benzene rings is 1. The Hall–Kier alpha value is -2.54. The van der Waals surface area contributed by atoms with E-state index in [4.69, 9.17) is 21.0 Å². The maximum atomic E-state index is 12.2. The van der Waals surface area contributed by atoms with Gasteiger partial charge in [-0.05, 0) is 5.56 Å².